The molecule has 2 aromatic rings. The monoisotopic (exact) mass is 409 g/mol. The average molecular weight is 409 g/mol. The molecule has 7 heteroatoms. The van der Waals surface area contributed by atoms with E-state index in [2.05, 4.69) is 26.0 Å². The third-order valence-corrected chi connectivity index (χ3v) is 5.33. The van der Waals surface area contributed by atoms with E-state index in [4.69, 9.17) is 4.74 Å². The molecule has 0 aliphatic carbocycles. The second kappa shape index (κ2) is 9.43. The summed E-state index contributed by atoms with van der Waals surface area (Å²) in [6, 6.07) is 13.0. The summed E-state index contributed by atoms with van der Waals surface area (Å²) in [5, 5.41) is 11.4. The van der Waals surface area contributed by atoms with Gasteiger partial charge in [-0.3, -0.25) is 14.9 Å². The molecule has 0 spiro atoms. The van der Waals surface area contributed by atoms with E-state index in [1.54, 1.807) is 23.1 Å². The van der Waals surface area contributed by atoms with Crippen LogP contribution in [0.15, 0.2) is 48.5 Å². The first kappa shape index (κ1) is 21.4. The number of nitrogens with zero attached hydrogens (tertiary/aromatic N) is 3. The Bertz CT molecular complexity index is 930. The second-order valence-corrected chi connectivity index (χ2v) is 7.58. The summed E-state index contributed by atoms with van der Waals surface area (Å²) < 4.78 is 5.09. The van der Waals surface area contributed by atoms with E-state index in [0.717, 1.165) is 5.56 Å². The number of nitro groups is 1. The van der Waals surface area contributed by atoms with Crippen LogP contribution in [0.3, 0.4) is 0 Å². The molecule has 0 unspecified atom stereocenters. The normalized spacial score (nSPS) is 14.4. The fourth-order valence-electron chi connectivity index (χ4n) is 3.48. The lowest BCUT2D eigenvalue weighted by atomic mass is 10.0. The van der Waals surface area contributed by atoms with Crippen LogP contribution in [0, 0.1) is 10.1 Å². The number of hydrogen-bond acceptors (Lipinski definition) is 5. The van der Waals surface area contributed by atoms with E-state index in [1.807, 2.05) is 23.1 Å². The van der Waals surface area contributed by atoms with Crippen LogP contribution in [-0.2, 0) is 4.79 Å². The number of anilines is 1. The van der Waals surface area contributed by atoms with E-state index in [0.29, 0.717) is 43.5 Å². The molecular formula is C23H27N3O4. The molecule has 1 saturated heterocycles. The molecule has 1 aliphatic heterocycles. The van der Waals surface area contributed by atoms with Gasteiger partial charge in [-0.15, -0.1) is 0 Å². The molecule has 30 heavy (non-hydrogen) atoms. The highest BCUT2D eigenvalue weighted by molar-refractivity contribution is 5.92. The number of methoxy groups -OCH3 is 1. The zero-order valence-electron chi connectivity index (χ0n) is 17.6. The number of ether oxygens (including phenoxy) is 1. The lowest BCUT2D eigenvalue weighted by molar-refractivity contribution is -0.384. The third-order valence-electron chi connectivity index (χ3n) is 5.33. The summed E-state index contributed by atoms with van der Waals surface area (Å²) in [6.45, 7) is 6.39. The smallest absolute Gasteiger partial charge is 0.296 e. The molecule has 1 aliphatic rings. The number of carbonyl (C=O) groups excluding carboxylic acids is 1. The van der Waals surface area contributed by atoms with E-state index in [9.17, 15) is 14.9 Å². The molecule has 0 atom stereocenters. The van der Waals surface area contributed by atoms with Gasteiger partial charge in [0, 0.05) is 32.3 Å². The first-order valence-electron chi connectivity index (χ1n) is 10.0. The quantitative estimate of drug-likeness (QED) is 0.408. The molecule has 7 nitrogen and oxygen atoms in total. The highest BCUT2D eigenvalue weighted by Gasteiger charge is 2.25. The second-order valence-electron chi connectivity index (χ2n) is 7.58. The zero-order valence-corrected chi connectivity index (χ0v) is 17.6. The molecule has 3 rings (SSSR count). The van der Waals surface area contributed by atoms with Crippen LogP contribution in [0.2, 0.25) is 0 Å². The minimum absolute atomic E-state index is 0.0128. The minimum atomic E-state index is -0.400. The number of nitro benzene ring substituents is 1. The summed E-state index contributed by atoms with van der Waals surface area (Å²) in [6.07, 6.45) is 3.42. The maximum atomic E-state index is 12.5. The number of amides is 1. The topological polar surface area (TPSA) is 75.9 Å². The van der Waals surface area contributed by atoms with Crippen molar-refractivity contribution >= 4 is 23.4 Å². The molecule has 2 aromatic carbocycles. The van der Waals surface area contributed by atoms with Crippen molar-refractivity contribution in [3.63, 3.8) is 0 Å². The third kappa shape index (κ3) is 4.97. The minimum Gasteiger partial charge on any atom is -0.496 e. The molecule has 158 valence electrons. The molecule has 1 amide bonds. The van der Waals surface area contributed by atoms with Gasteiger partial charge in [-0.05, 0) is 35.3 Å². The van der Waals surface area contributed by atoms with Crippen molar-refractivity contribution in [2.75, 3.05) is 38.2 Å². The van der Waals surface area contributed by atoms with Gasteiger partial charge in [-0.25, -0.2) is 0 Å². The van der Waals surface area contributed by atoms with Crippen LogP contribution in [0.25, 0.3) is 6.08 Å². The zero-order chi connectivity index (χ0) is 21.7. The van der Waals surface area contributed by atoms with Crippen molar-refractivity contribution in [3.8, 4) is 5.75 Å². The van der Waals surface area contributed by atoms with E-state index in [-0.39, 0.29) is 11.6 Å². The molecule has 0 aromatic heterocycles. The van der Waals surface area contributed by atoms with Crippen LogP contribution in [-0.4, -0.2) is 49.0 Å². The Kier molecular flexibility index (Phi) is 6.72. The van der Waals surface area contributed by atoms with E-state index >= 15 is 0 Å². The lowest BCUT2D eigenvalue weighted by Gasteiger charge is -2.35. The predicted octanol–water partition coefficient (Wildman–Crippen LogP) is 4.09. The first-order chi connectivity index (χ1) is 14.4. The highest BCUT2D eigenvalue weighted by Crippen LogP contribution is 2.32. The summed E-state index contributed by atoms with van der Waals surface area (Å²) in [5.74, 6) is 0.875. The summed E-state index contributed by atoms with van der Waals surface area (Å²) in [7, 11) is 1.48. The average Bonchev–Trinajstić information content (AvgIpc) is 2.77. The lowest BCUT2D eigenvalue weighted by Crippen LogP contribution is -2.48. The van der Waals surface area contributed by atoms with Crippen LogP contribution < -0.4 is 9.64 Å². The van der Waals surface area contributed by atoms with Gasteiger partial charge in [0.2, 0.25) is 5.91 Å². The standard InChI is InChI=1S/C23H27N3O4/c1-17(2)19-7-4-18(5-8-19)6-11-23(27)25-14-12-24(13-15-25)21-10-9-20(30-3)16-22(21)26(28)29/h4-11,16-17H,12-15H2,1-3H3. The van der Waals surface area contributed by atoms with Gasteiger partial charge in [0.1, 0.15) is 11.4 Å². The Balaban J connectivity index is 1.61. The largest absolute Gasteiger partial charge is 0.496 e. The van der Waals surface area contributed by atoms with Gasteiger partial charge in [0.15, 0.2) is 0 Å². The SMILES string of the molecule is COc1ccc(N2CCN(C(=O)C=Cc3ccc(C(C)C)cc3)CC2)c([N+](=O)[O-])c1. The van der Waals surface area contributed by atoms with Gasteiger partial charge >= 0.3 is 0 Å². The van der Waals surface area contributed by atoms with Crippen LogP contribution >= 0.6 is 0 Å². The van der Waals surface area contributed by atoms with E-state index in [1.165, 1.54) is 18.7 Å². The van der Waals surface area contributed by atoms with Crippen molar-refractivity contribution in [2.24, 2.45) is 0 Å². The summed E-state index contributed by atoms with van der Waals surface area (Å²) in [5.41, 5.74) is 2.81. The molecule has 1 fully saturated rings. The fourth-order valence-corrected chi connectivity index (χ4v) is 3.48. The Hall–Kier alpha value is -3.35. The van der Waals surface area contributed by atoms with Crippen LogP contribution in [0.5, 0.6) is 5.75 Å². The highest BCUT2D eigenvalue weighted by atomic mass is 16.6. The van der Waals surface area contributed by atoms with Crippen LogP contribution in [0.1, 0.15) is 30.9 Å². The fraction of sp³-hybridized carbons (Fsp3) is 0.348. The summed E-state index contributed by atoms with van der Waals surface area (Å²) >= 11 is 0. The van der Waals surface area contributed by atoms with Crippen LogP contribution in [0.4, 0.5) is 11.4 Å². The van der Waals surface area contributed by atoms with Crippen molar-refractivity contribution in [2.45, 2.75) is 19.8 Å². The Morgan fingerprint density at radius 3 is 2.33 bits per heavy atom. The Labute approximate surface area is 176 Å². The first-order valence-corrected chi connectivity index (χ1v) is 10.0. The maximum absolute atomic E-state index is 12.5. The van der Waals surface area contributed by atoms with Gasteiger partial charge in [0.25, 0.3) is 5.69 Å². The van der Waals surface area contributed by atoms with E-state index < -0.39 is 4.92 Å². The molecule has 1 heterocycles. The van der Waals surface area contributed by atoms with Crippen molar-refractivity contribution < 1.29 is 14.5 Å². The predicted molar refractivity (Wildman–Crippen MR) is 118 cm³/mol. The molecule has 0 N–H and O–H groups in total. The summed E-state index contributed by atoms with van der Waals surface area (Å²) in [4.78, 5) is 27.3. The van der Waals surface area contributed by atoms with Gasteiger partial charge < -0.3 is 14.5 Å². The number of piperazine rings is 1. The number of rotatable bonds is 6. The Morgan fingerprint density at radius 1 is 1.10 bits per heavy atom. The molecule has 0 bridgehead atoms. The molecular weight excluding hydrogens is 382 g/mol. The maximum Gasteiger partial charge on any atom is 0.296 e. The van der Waals surface area contributed by atoms with Crippen molar-refractivity contribution in [3.05, 3.63) is 69.8 Å². The van der Waals surface area contributed by atoms with Gasteiger partial charge in [-0.1, -0.05) is 38.1 Å². The number of benzene rings is 2. The molecule has 0 saturated carbocycles. The molecule has 0 radical (unpaired) electrons. The Morgan fingerprint density at radius 2 is 1.77 bits per heavy atom. The number of hydrogen-bond donors (Lipinski definition) is 0. The van der Waals surface area contributed by atoms with Crippen molar-refractivity contribution in [1.82, 2.24) is 4.90 Å². The van der Waals surface area contributed by atoms with Crippen molar-refractivity contribution in [1.29, 1.82) is 0 Å². The number of carbonyl (C=O) groups is 1. The van der Waals surface area contributed by atoms with Gasteiger partial charge in [0.05, 0.1) is 18.1 Å². The van der Waals surface area contributed by atoms with Gasteiger partial charge in [-0.2, -0.15) is 0 Å².